The fourth-order valence-corrected chi connectivity index (χ4v) is 3.95. The molecule has 0 amide bonds. The van der Waals surface area contributed by atoms with E-state index in [9.17, 15) is 9.90 Å². The molecule has 7 nitrogen and oxygen atoms in total. The Morgan fingerprint density at radius 3 is 2.09 bits per heavy atom. The van der Waals surface area contributed by atoms with E-state index in [0.29, 0.717) is 50.8 Å². The van der Waals surface area contributed by atoms with Crippen LogP contribution in [0.2, 0.25) is 0 Å². The number of aromatic amines is 1. The molecule has 2 N–H and O–H groups in total. The lowest BCUT2D eigenvalue weighted by Gasteiger charge is -2.14. The van der Waals surface area contributed by atoms with Gasteiger partial charge in [-0.2, -0.15) is 0 Å². The number of ketones is 1. The average molecular weight is 447 g/mol. The minimum atomic E-state index is -0.264. The van der Waals surface area contributed by atoms with E-state index >= 15 is 0 Å². The molecule has 0 aliphatic heterocycles. The molecule has 33 heavy (non-hydrogen) atoms. The molecule has 0 aliphatic rings. The van der Waals surface area contributed by atoms with Crippen LogP contribution in [0.4, 0.5) is 0 Å². The largest absolute Gasteiger partial charge is 0.508 e. The Morgan fingerprint density at radius 1 is 0.848 bits per heavy atom. The van der Waals surface area contributed by atoms with Gasteiger partial charge in [0, 0.05) is 11.1 Å². The van der Waals surface area contributed by atoms with Crippen molar-refractivity contribution in [3.8, 4) is 40.0 Å². The Hall–Kier alpha value is -4.13. The van der Waals surface area contributed by atoms with Crippen molar-refractivity contribution in [1.82, 2.24) is 4.98 Å². The number of phenols is 1. The van der Waals surface area contributed by atoms with Crippen molar-refractivity contribution in [2.75, 3.05) is 28.4 Å². The van der Waals surface area contributed by atoms with Gasteiger partial charge in [-0.05, 0) is 42.8 Å². The molecule has 4 aromatic rings. The van der Waals surface area contributed by atoms with E-state index in [1.807, 2.05) is 25.1 Å². The number of fused-ring (bicyclic) bond motifs is 1. The highest BCUT2D eigenvalue weighted by molar-refractivity contribution is 6.22. The lowest BCUT2D eigenvalue weighted by atomic mass is 9.95. The molecule has 0 saturated carbocycles. The normalized spacial score (nSPS) is 10.8. The summed E-state index contributed by atoms with van der Waals surface area (Å²) in [4.78, 5) is 17.3. The van der Waals surface area contributed by atoms with Crippen molar-refractivity contribution in [3.05, 3.63) is 65.2 Å². The van der Waals surface area contributed by atoms with E-state index in [2.05, 4.69) is 4.98 Å². The second-order valence-electron chi connectivity index (χ2n) is 7.50. The molecular formula is C26H25NO6. The number of ether oxygens (including phenoxy) is 4. The van der Waals surface area contributed by atoms with Gasteiger partial charge in [0.25, 0.3) is 0 Å². The molecule has 0 radical (unpaired) electrons. The lowest BCUT2D eigenvalue weighted by molar-refractivity contribution is 0.104. The number of nitrogens with one attached hydrogen (secondary N) is 1. The van der Waals surface area contributed by atoms with Crippen molar-refractivity contribution in [3.63, 3.8) is 0 Å². The summed E-state index contributed by atoms with van der Waals surface area (Å²) in [5.41, 5.74) is 3.50. The van der Waals surface area contributed by atoms with Crippen LogP contribution in [0.15, 0.2) is 48.5 Å². The minimum Gasteiger partial charge on any atom is -0.508 e. The number of benzene rings is 3. The van der Waals surface area contributed by atoms with Gasteiger partial charge in [-0.1, -0.05) is 18.2 Å². The molecule has 1 heterocycles. The van der Waals surface area contributed by atoms with Crippen molar-refractivity contribution in [2.45, 2.75) is 6.92 Å². The fraction of sp³-hybridized carbons (Fsp3) is 0.192. The number of aromatic hydroxyl groups is 1. The first-order valence-electron chi connectivity index (χ1n) is 10.3. The van der Waals surface area contributed by atoms with Crippen LogP contribution in [0, 0.1) is 6.92 Å². The Labute approximate surface area is 191 Å². The van der Waals surface area contributed by atoms with Crippen LogP contribution < -0.4 is 18.9 Å². The van der Waals surface area contributed by atoms with E-state index in [-0.39, 0.29) is 11.5 Å². The van der Waals surface area contributed by atoms with Gasteiger partial charge in [0.2, 0.25) is 5.75 Å². The van der Waals surface area contributed by atoms with Crippen LogP contribution in [0.1, 0.15) is 21.5 Å². The predicted molar refractivity (Wildman–Crippen MR) is 126 cm³/mol. The lowest BCUT2D eigenvalue weighted by Crippen LogP contribution is -2.05. The van der Waals surface area contributed by atoms with Gasteiger partial charge in [0.05, 0.1) is 50.6 Å². The average Bonchev–Trinajstić information content (AvgIpc) is 3.23. The van der Waals surface area contributed by atoms with Gasteiger partial charge in [-0.15, -0.1) is 0 Å². The summed E-state index contributed by atoms with van der Waals surface area (Å²) >= 11 is 0. The van der Waals surface area contributed by atoms with Crippen molar-refractivity contribution in [1.29, 1.82) is 0 Å². The van der Waals surface area contributed by atoms with Gasteiger partial charge in [-0.3, -0.25) is 4.79 Å². The van der Waals surface area contributed by atoms with E-state index in [4.69, 9.17) is 18.9 Å². The van der Waals surface area contributed by atoms with Crippen LogP contribution in [-0.2, 0) is 0 Å². The zero-order chi connectivity index (χ0) is 23.7. The molecule has 3 aromatic carbocycles. The smallest absolute Gasteiger partial charge is 0.203 e. The summed E-state index contributed by atoms with van der Waals surface area (Å²) in [5.74, 6) is 1.59. The van der Waals surface area contributed by atoms with Gasteiger partial charge >= 0.3 is 0 Å². The molecule has 0 fully saturated rings. The van der Waals surface area contributed by atoms with Crippen LogP contribution >= 0.6 is 0 Å². The van der Waals surface area contributed by atoms with Gasteiger partial charge in [0.15, 0.2) is 17.3 Å². The highest BCUT2D eigenvalue weighted by Crippen LogP contribution is 2.42. The molecule has 0 spiro atoms. The Kier molecular flexibility index (Phi) is 5.87. The first-order chi connectivity index (χ1) is 15.9. The Morgan fingerprint density at radius 2 is 1.52 bits per heavy atom. The SMILES string of the molecule is COc1cc(C(=O)c2c(-c3ccc(C)c(O)c3)[nH]c3cccc(OC)c23)cc(OC)c1OC. The maximum Gasteiger partial charge on any atom is 0.203 e. The number of methoxy groups -OCH3 is 4. The number of hydrogen-bond acceptors (Lipinski definition) is 6. The third-order valence-corrected chi connectivity index (χ3v) is 5.66. The number of hydrogen-bond donors (Lipinski definition) is 2. The molecule has 0 aliphatic carbocycles. The van der Waals surface area contributed by atoms with E-state index in [0.717, 1.165) is 11.1 Å². The van der Waals surface area contributed by atoms with Crippen LogP contribution in [0.3, 0.4) is 0 Å². The first-order valence-corrected chi connectivity index (χ1v) is 10.3. The van der Waals surface area contributed by atoms with Crippen molar-refractivity contribution >= 4 is 16.7 Å². The second-order valence-corrected chi connectivity index (χ2v) is 7.50. The molecule has 4 rings (SSSR count). The second kappa shape index (κ2) is 8.78. The first kappa shape index (κ1) is 22.1. The summed E-state index contributed by atoms with van der Waals surface area (Å²) in [6.07, 6.45) is 0. The van der Waals surface area contributed by atoms with E-state index < -0.39 is 0 Å². The monoisotopic (exact) mass is 447 g/mol. The van der Waals surface area contributed by atoms with Crippen LogP contribution in [-0.4, -0.2) is 44.3 Å². The molecule has 170 valence electrons. The minimum absolute atomic E-state index is 0.143. The molecule has 0 bridgehead atoms. The summed E-state index contributed by atoms with van der Waals surface area (Å²) in [6, 6.07) is 14.1. The van der Waals surface area contributed by atoms with E-state index in [1.165, 1.54) is 21.3 Å². The quantitative estimate of drug-likeness (QED) is 0.383. The summed E-state index contributed by atoms with van der Waals surface area (Å²) in [5, 5.41) is 11.0. The zero-order valence-corrected chi connectivity index (χ0v) is 19.1. The third kappa shape index (κ3) is 3.71. The van der Waals surface area contributed by atoms with E-state index in [1.54, 1.807) is 37.4 Å². The number of aromatic nitrogens is 1. The van der Waals surface area contributed by atoms with Crippen molar-refractivity contribution < 1.29 is 28.8 Å². The summed E-state index contributed by atoms with van der Waals surface area (Å²) < 4.78 is 21.9. The van der Waals surface area contributed by atoms with Gasteiger partial charge in [0.1, 0.15) is 11.5 Å². The van der Waals surface area contributed by atoms with Gasteiger partial charge < -0.3 is 29.0 Å². The summed E-state index contributed by atoms with van der Waals surface area (Å²) in [6.45, 7) is 1.81. The fourth-order valence-electron chi connectivity index (χ4n) is 3.95. The molecule has 0 saturated heterocycles. The maximum atomic E-state index is 14.0. The van der Waals surface area contributed by atoms with Gasteiger partial charge in [-0.25, -0.2) is 0 Å². The highest BCUT2D eigenvalue weighted by atomic mass is 16.5. The number of H-pyrrole nitrogens is 1. The third-order valence-electron chi connectivity index (χ3n) is 5.66. The summed E-state index contributed by atoms with van der Waals surface area (Å²) in [7, 11) is 6.07. The number of aryl methyl sites for hydroxylation is 1. The number of carbonyl (C=O) groups excluding carboxylic acids is 1. The number of rotatable bonds is 7. The zero-order valence-electron chi connectivity index (χ0n) is 19.1. The van der Waals surface area contributed by atoms with Crippen molar-refractivity contribution in [2.24, 2.45) is 0 Å². The molecule has 0 atom stereocenters. The molecular weight excluding hydrogens is 422 g/mol. The number of carbonyl (C=O) groups is 1. The molecule has 7 heteroatoms. The highest BCUT2D eigenvalue weighted by Gasteiger charge is 2.26. The Bertz CT molecular complexity index is 1330. The van der Waals surface area contributed by atoms with Crippen LogP contribution in [0.25, 0.3) is 22.2 Å². The number of phenolic OH excluding ortho intramolecular Hbond substituents is 1. The Balaban J connectivity index is 2.02. The van der Waals surface area contributed by atoms with Crippen LogP contribution in [0.5, 0.6) is 28.7 Å². The maximum absolute atomic E-state index is 14.0. The molecule has 1 aromatic heterocycles. The predicted octanol–water partition coefficient (Wildman–Crippen LogP) is 5.11. The standard InChI is InChI=1S/C26H25NO6/c1-14-9-10-15(11-18(14)28)24-23(22-17(27-24)7-6-8-19(22)30-2)25(29)16-12-20(31-3)26(33-5)21(13-16)32-4/h6-13,27-28H,1-5H3. The topological polar surface area (TPSA) is 90.0 Å². The molecule has 0 unspecified atom stereocenters.